The molecule has 0 fully saturated rings. The number of rotatable bonds is 5. The molecule has 0 radical (unpaired) electrons. The predicted octanol–water partition coefficient (Wildman–Crippen LogP) is 2.67. The summed E-state index contributed by atoms with van der Waals surface area (Å²) in [6.07, 6.45) is 0. The van der Waals surface area contributed by atoms with Gasteiger partial charge in [-0.05, 0) is 31.2 Å². The molecule has 0 aliphatic carbocycles. The first-order valence-electron chi connectivity index (χ1n) is 4.84. The fraction of sp³-hybridized carbons (Fsp3) is 0.273. The maximum Gasteiger partial charge on any atom is 0.341 e. The predicted molar refractivity (Wildman–Crippen MR) is 62.9 cm³/mol. The van der Waals surface area contributed by atoms with E-state index in [1.165, 1.54) is 12.1 Å². The molecule has 17 heavy (non-hydrogen) atoms. The highest BCUT2D eigenvalue weighted by molar-refractivity contribution is 7.91. The van der Waals surface area contributed by atoms with E-state index in [2.05, 4.69) is 11.9 Å². The first kappa shape index (κ1) is 13.6. The Morgan fingerprint density at radius 2 is 1.88 bits per heavy atom. The van der Waals surface area contributed by atoms with Crippen LogP contribution in [0.15, 0.2) is 41.3 Å². The second kappa shape index (κ2) is 5.27. The number of alkyl halides is 2. The molecule has 0 spiro atoms. The molecule has 1 rings (SSSR count). The van der Waals surface area contributed by atoms with Crippen molar-refractivity contribution in [1.29, 1.82) is 0 Å². The Balaban J connectivity index is 2.85. The van der Waals surface area contributed by atoms with Gasteiger partial charge in [-0.2, -0.15) is 8.78 Å². The molecule has 0 bridgehead atoms. The summed E-state index contributed by atoms with van der Waals surface area (Å²) in [4.78, 5) is -0.381. The van der Waals surface area contributed by atoms with E-state index in [0.29, 0.717) is 12.2 Å². The zero-order chi connectivity index (χ0) is 13.1. The summed E-state index contributed by atoms with van der Waals surface area (Å²) in [5.74, 6) is -3.39. The van der Waals surface area contributed by atoms with Crippen LogP contribution in [-0.2, 0) is 9.84 Å². The van der Waals surface area contributed by atoms with Gasteiger partial charge in [0.2, 0.25) is 9.84 Å². The van der Waals surface area contributed by atoms with Gasteiger partial charge in [-0.25, -0.2) is 8.42 Å². The van der Waals surface area contributed by atoms with Crippen LogP contribution in [0.1, 0.15) is 6.92 Å². The van der Waals surface area contributed by atoms with Crippen LogP contribution in [0, 0.1) is 0 Å². The summed E-state index contributed by atoms with van der Waals surface area (Å²) < 4.78 is 46.7. The number of sulfone groups is 1. The number of benzene rings is 1. The van der Waals surface area contributed by atoms with Crippen molar-refractivity contribution >= 4 is 15.5 Å². The van der Waals surface area contributed by atoms with Crippen molar-refractivity contribution in [2.75, 3.05) is 11.9 Å². The lowest BCUT2D eigenvalue weighted by Crippen LogP contribution is -2.11. The van der Waals surface area contributed by atoms with Crippen LogP contribution in [-0.4, -0.2) is 20.7 Å². The first-order chi connectivity index (χ1) is 7.84. The van der Waals surface area contributed by atoms with Crippen molar-refractivity contribution in [3.05, 3.63) is 36.4 Å². The van der Waals surface area contributed by atoms with E-state index in [0.717, 1.165) is 17.7 Å². The van der Waals surface area contributed by atoms with Crippen LogP contribution in [0.5, 0.6) is 0 Å². The molecule has 0 heterocycles. The van der Waals surface area contributed by atoms with Gasteiger partial charge in [0, 0.05) is 12.2 Å². The Morgan fingerprint density at radius 3 is 2.29 bits per heavy atom. The molecule has 1 N–H and O–H groups in total. The summed E-state index contributed by atoms with van der Waals surface area (Å²) in [7, 11) is -4.50. The van der Waals surface area contributed by atoms with Gasteiger partial charge in [0.1, 0.15) is 0 Å². The molecule has 0 aliphatic heterocycles. The molecule has 6 heteroatoms. The lowest BCUT2D eigenvalue weighted by atomic mass is 10.3. The monoisotopic (exact) mass is 261 g/mol. The van der Waals surface area contributed by atoms with Crippen LogP contribution in [0.2, 0.25) is 0 Å². The van der Waals surface area contributed by atoms with Gasteiger partial charge in [-0.15, -0.1) is 0 Å². The standard InChI is InChI=1S/C11H13F2NO2S/c1-8(2)7-14-9-3-5-10(6-4-9)17(15,16)11(12)13/h3-6,11,14H,1,7H2,2H3. The van der Waals surface area contributed by atoms with E-state index in [9.17, 15) is 17.2 Å². The molecule has 1 aromatic carbocycles. The fourth-order valence-corrected chi connectivity index (χ4v) is 1.84. The summed E-state index contributed by atoms with van der Waals surface area (Å²) in [6.45, 7) is 6.07. The number of nitrogens with one attached hydrogen (secondary N) is 1. The lowest BCUT2D eigenvalue weighted by molar-refractivity contribution is 0.234. The minimum Gasteiger partial charge on any atom is -0.381 e. The molecule has 0 aromatic heterocycles. The van der Waals surface area contributed by atoms with Gasteiger partial charge in [-0.1, -0.05) is 12.2 Å². The topological polar surface area (TPSA) is 46.2 Å². The molecular formula is C11H13F2NO2S. The minimum atomic E-state index is -4.50. The van der Waals surface area contributed by atoms with Gasteiger partial charge in [0.25, 0.3) is 0 Å². The molecule has 0 aliphatic rings. The second-order valence-corrected chi connectivity index (χ2v) is 5.56. The highest BCUT2D eigenvalue weighted by Gasteiger charge is 2.26. The molecule has 0 atom stereocenters. The average Bonchev–Trinajstić information content (AvgIpc) is 2.26. The zero-order valence-corrected chi connectivity index (χ0v) is 10.1. The van der Waals surface area contributed by atoms with Gasteiger partial charge in [0.05, 0.1) is 4.90 Å². The Kier molecular flexibility index (Phi) is 4.22. The van der Waals surface area contributed by atoms with E-state index in [4.69, 9.17) is 0 Å². The Morgan fingerprint density at radius 1 is 1.35 bits per heavy atom. The minimum absolute atomic E-state index is 0.381. The highest BCUT2D eigenvalue weighted by Crippen LogP contribution is 2.20. The van der Waals surface area contributed by atoms with Gasteiger partial charge < -0.3 is 5.32 Å². The average molecular weight is 261 g/mol. The van der Waals surface area contributed by atoms with Crippen molar-refractivity contribution < 1.29 is 17.2 Å². The quantitative estimate of drug-likeness (QED) is 0.829. The van der Waals surface area contributed by atoms with E-state index >= 15 is 0 Å². The van der Waals surface area contributed by atoms with Crippen LogP contribution < -0.4 is 5.32 Å². The molecule has 0 amide bonds. The Labute approximate surface area is 99.1 Å². The van der Waals surface area contributed by atoms with Crippen molar-refractivity contribution in [3.8, 4) is 0 Å². The van der Waals surface area contributed by atoms with Crippen LogP contribution in [0.3, 0.4) is 0 Å². The maximum atomic E-state index is 12.2. The molecule has 3 nitrogen and oxygen atoms in total. The lowest BCUT2D eigenvalue weighted by Gasteiger charge is -2.07. The Bertz CT molecular complexity index is 495. The summed E-state index contributed by atoms with van der Waals surface area (Å²) in [5.41, 5.74) is 1.57. The third-order valence-corrected chi connectivity index (χ3v) is 3.41. The van der Waals surface area contributed by atoms with Crippen LogP contribution >= 0.6 is 0 Å². The van der Waals surface area contributed by atoms with E-state index in [1.807, 2.05) is 6.92 Å². The highest BCUT2D eigenvalue weighted by atomic mass is 32.2. The number of anilines is 1. The molecular weight excluding hydrogens is 248 g/mol. The molecule has 0 unspecified atom stereocenters. The van der Waals surface area contributed by atoms with Crippen molar-refractivity contribution in [2.45, 2.75) is 17.6 Å². The largest absolute Gasteiger partial charge is 0.381 e. The SMILES string of the molecule is C=C(C)CNc1ccc(S(=O)(=O)C(F)F)cc1. The molecule has 1 aromatic rings. The van der Waals surface area contributed by atoms with Crippen LogP contribution in [0.4, 0.5) is 14.5 Å². The van der Waals surface area contributed by atoms with Crippen LogP contribution in [0.25, 0.3) is 0 Å². The third kappa shape index (κ3) is 3.52. The van der Waals surface area contributed by atoms with Gasteiger partial charge >= 0.3 is 5.76 Å². The third-order valence-electron chi connectivity index (χ3n) is 2.01. The fourth-order valence-electron chi connectivity index (χ4n) is 1.12. The van der Waals surface area contributed by atoms with E-state index in [1.54, 1.807) is 0 Å². The second-order valence-electron chi connectivity index (χ2n) is 3.64. The van der Waals surface area contributed by atoms with E-state index in [-0.39, 0.29) is 4.90 Å². The van der Waals surface area contributed by atoms with Crippen molar-refractivity contribution in [2.24, 2.45) is 0 Å². The first-order valence-corrected chi connectivity index (χ1v) is 6.39. The number of hydrogen-bond donors (Lipinski definition) is 1. The summed E-state index contributed by atoms with van der Waals surface area (Å²) >= 11 is 0. The van der Waals surface area contributed by atoms with E-state index < -0.39 is 15.6 Å². The number of halogens is 2. The molecule has 0 saturated heterocycles. The van der Waals surface area contributed by atoms with Gasteiger partial charge in [-0.3, -0.25) is 0 Å². The zero-order valence-electron chi connectivity index (χ0n) is 9.28. The maximum absolute atomic E-state index is 12.2. The summed E-state index contributed by atoms with van der Waals surface area (Å²) in [6, 6.07) is 5.20. The van der Waals surface area contributed by atoms with Crippen molar-refractivity contribution in [3.63, 3.8) is 0 Å². The van der Waals surface area contributed by atoms with Gasteiger partial charge in [0.15, 0.2) is 0 Å². The Hall–Kier alpha value is -1.43. The normalized spacial score (nSPS) is 11.5. The smallest absolute Gasteiger partial charge is 0.341 e. The van der Waals surface area contributed by atoms with Crippen molar-refractivity contribution in [1.82, 2.24) is 0 Å². The molecule has 94 valence electrons. The number of hydrogen-bond acceptors (Lipinski definition) is 3. The molecule has 0 saturated carbocycles. The summed E-state index contributed by atoms with van der Waals surface area (Å²) in [5, 5.41) is 2.97.